The highest BCUT2D eigenvalue weighted by molar-refractivity contribution is 9.11. The smallest absolute Gasteiger partial charge is 0.314 e. The zero-order chi connectivity index (χ0) is 10.3. The van der Waals surface area contributed by atoms with Crippen LogP contribution in [-0.4, -0.2) is 9.97 Å². The van der Waals surface area contributed by atoms with Gasteiger partial charge in [0.2, 0.25) is 0 Å². The largest absolute Gasteiger partial charge is 0.316 e. The van der Waals surface area contributed by atoms with Crippen LogP contribution in [0.25, 0.3) is 11.0 Å². The third-order valence-corrected chi connectivity index (χ3v) is 2.83. The van der Waals surface area contributed by atoms with Crippen molar-refractivity contribution in [2.75, 3.05) is 0 Å². The Morgan fingerprint density at radius 2 is 1.64 bits per heavy atom. The lowest BCUT2D eigenvalue weighted by molar-refractivity contribution is 1.14. The van der Waals surface area contributed by atoms with Gasteiger partial charge in [-0.05, 0) is 28.1 Å². The fourth-order valence-corrected chi connectivity index (χ4v) is 2.47. The van der Waals surface area contributed by atoms with Crippen molar-refractivity contribution in [3.63, 3.8) is 0 Å². The molecular formula is C8H4Br2N2O2. The summed E-state index contributed by atoms with van der Waals surface area (Å²) in [6.07, 6.45) is 0. The Morgan fingerprint density at radius 3 is 2.36 bits per heavy atom. The minimum atomic E-state index is -0.652. The van der Waals surface area contributed by atoms with Crippen molar-refractivity contribution in [2.45, 2.75) is 0 Å². The summed E-state index contributed by atoms with van der Waals surface area (Å²) in [5.41, 5.74) is -0.142. The van der Waals surface area contributed by atoms with Gasteiger partial charge in [-0.2, -0.15) is 0 Å². The first-order chi connectivity index (χ1) is 6.58. The van der Waals surface area contributed by atoms with Crippen LogP contribution in [-0.2, 0) is 0 Å². The highest BCUT2D eigenvalue weighted by atomic mass is 79.9. The van der Waals surface area contributed by atoms with Gasteiger partial charge in [-0.1, -0.05) is 15.9 Å². The van der Waals surface area contributed by atoms with E-state index < -0.39 is 11.1 Å². The zero-order valence-electron chi connectivity index (χ0n) is 6.73. The van der Waals surface area contributed by atoms with Crippen LogP contribution in [0.1, 0.15) is 0 Å². The third kappa shape index (κ3) is 1.55. The number of hydrogen-bond donors (Lipinski definition) is 2. The van der Waals surface area contributed by atoms with Crippen molar-refractivity contribution < 1.29 is 0 Å². The van der Waals surface area contributed by atoms with E-state index in [9.17, 15) is 9.59 Å². The summed E-state index contributed by atoms with van der Waals surface area (Å²) in [6.45, 7) is 0. The minimum absolute atomic E-state index is 0.579. The van der Waals surface area contributed by atoms with Crippen LogP contribution in [0.5, 0.6) is 0 Å². The van der Waals surface area contributed by atoms with E-state index in [1.807, 2.05) is 0 Å². The summed E-state index contributed by atoms with van der Waals surface area (Å²) in [5.74, 6) is 0. The Labute approximate surface area is 94.6 Å². The van der Waals surface area contributed by atoms with Gasteiger partial charge in [-0.25, -0.2) is 0 Å². The lowest BCUT2D eigenvalue weighted by Crippen LogP contribution is -2.28. The lowest BCUT2D eigenvalue weighted by atomic mass is 10.3. The molecule has 4 nitrogen and oxygen atoms in total. The second kappa shape index (κ2) is 3.36. The van der Waals surface area contributed by atoms with Gasteiger partial charge in [0.15, 0.2) is 0 Å². The molecule has 0 spiro atoms. The van der Waals surface area contributed by atoms with E-state index in [0.717, 1.165) is 8.95 Å². The molecule has 0 aliphatic rings. The maximum atomic E-state index is 11.0. The van der Waals surface area contributed by atoms with E-state index in [4.69, 9.17) is 0 Å². The summed E-state index contributed by atoms with van der Waals surface area (Å²) in [7, 11) is 0. The topological polar surface area (TPSA) is 65.7 Å². The summed E-state index contributed by atoms with van der Waals surface area (Å²) in [5, 5.41) is 0. The molecule has 1 aromatic carbocycles. The molecule has 0 atom stereocenters. The summed E-state index contributed by atoms with van der Waals surface area (Å²) in [6, 6.07) is 3.51. The Balaban J connectivity index is 3.03. The predicted molar refractivity (Wildman–Crippen MR) is 60.6 cm³/mol. The number of H-pyrrole nitrogens is 2. The minimum Gasteiger partial charge on any atom is -0.316 e. The van der Waals surface area contributed by atoms with E-state index in [1.165, 1.54) is 0 Å². The summed E-state index contributed by atoms with van der Waals surface area (Å²) in [4.78, 5) is 27.0. The Hall–Kier alpha value is -0.880. The van der Waals surface area contributed by atoms with Gasteiger partial charge in [0.1, 0.15) is 0 Å². The highest BCUT2D eigenvalue weighted by Gasteiger charge is 2.03. The fourth-order valence-electron chi connectivity index (χ4n) is 1.15. The van der Waals surface area contributed by atoms with Crippen LogP contribution in [0.3, 0.4) is 0 Å². The van der Waals surface area contributed by atoms with Gasteiger partial charge in [-0.15, -0.1) is 0 Å². The molecule has 0 aliphatic heterocycles. The number of aromatic nitrogens is 2. The van der Waals surface area contributed by atoms with Crippen molar-refractivity contribution in [3.05, 3.63) is 41.8 Å². The molecule has 0 amide bonds. The third-order valence-electron chi connectivity index (χ3n) is 1.75. The van der Waals surface area contributed by atoms with Gasteiger partial charge < -0.3 is 9.97 Å². The standard InChI is InChI=1S/C8H4Br2N2O2/c9-3-1-4(10)6-5(2-3)11-7(13)8(14)12-6/h1-2H,(H,11,13)(H,12,14). The van der Waals surface area contributed by atoms with Crippen LogP contribution >= 0.6 is 31.9 Å². The monoisotopic (exact) mass is 318 g/mol. The number of hydrogen-bond acceptors (Lipinski definition) is 2. The Morgan fingerprint density at radius 1 is 1.00 bits per heavy atom. The molecule has 0 fully saturated rings. The molecule has 0 bridgehead atoms. The van der Waals surface area contributed by atoms with Gasteiger partial charge in [-0.3, -0.25) is 9.59 Å². The predicted octanol–water partition coefficient (Wildman–Crippen LogP) is 1.74. The maximum Gasteiger partial charge on any atom is 0.314 e. The molecule has 72 valence electrons. The van der Waals surface area contributed by atoms with Crippen LogP contribution in [0.4, 0.5) is 0 Å². The number of nitrogens with one attached hydrogen (secondary N) is 2. The number of fused-ring (bicyclic) bond motifs is 1. The molecule has 0 saturated carbocycles. The Bertz CT molecular complexity index is 615. The second-order valence-corrected chi connectivity index (χ2v) is 4.49. The number of aromatic amines is 2. The van der Waals surface area contributed by atoms with E-state index >= 15 is 0 Å². The number of benzene rings is 1. The van der Waals surface area contributed by atoms with Gasteiger partial charge in [0.05, 0.1) is 11.0 Å². The first kappa shape index (κ1) is 9.67. The SMILES string of the molecule is O=c1[nH]c2cc(Br)cc(Br)c2[nH]c1=O. The van der Waals surface area contributed by atoms with Gasteiger partial charge in [0.25, 0.3) is 0 Å². The molecular weight excluding hydrogens is 316 g/mol. The molecule has 0 saturated heterocycles. The molecule has 2 N–H and O–H groups in total. The molecule has 0 unspecified atom stereocenters. The van der Waals surface area contributed by atoms with Crippen molar-refractivity contribution >= 4 is 42.9 Å². The molecule has 2 rings (SSSR count). The van der Waals surface area contributed by atoms with Crippen molar-refractivity contribution in [1.29, 1.82) is 0 Å². The second-order valence-electron chi connectivity index (χ2n) is 2.72. The molecule has 0 aliphatic carbocycles. The van der Waals surface area contributed by atoms with Crippen molar-refractivity contribution in [3.8, 4) is 0 Å². The fraction of sp³-hybridized carbons (Fsp3) is 0. The van der Waals surface area contributed by atoms with E-state index in [2.05, 4.69) is 41.8 Å². The van der Waals surface area contributed by atoms with Crippen molar-refractivity contribution in [2.24, 2.45) is 0 Å². The number of rotatable bonds is 0. The van der Waals surface area contributed by atoms with Crippen LogP contribution in [0.2, 0.25) is 0 Å². The molecule has 1 heterocycles. The average Bonchev–Trinajstić information content (AvgIpc) is 2.08. The van der Waals surface area contributed by atoms with Crippen molar-refractivity contribution in [1.82, 2.24) is 9.97 Å². The molecule has 0 radical (unpaired) electrons. The van der Waals surface area contributed by atoms with Crippen LogP contribution in [0, 0.1) is 0 Å². The summed E-state index contributed by atoms with van der Waals surface area (Å²) < 4.78 is 1.54. The zero-order valence-corrected chi connectivity index (χ0v) is 9.90. The lowest BCUT2D eigenvalue weighted by Gasteiger charge is -2.00. The van der Waals surface area contributed by atoms with Gasteiger partial charge >= 0.3 is 11.1 Å². The molecule has 1 aromatic heterocycles. The van der Waals surface area contributed by atoms with E-state index in [1.54, 1.807) is 12.1 Å². The van der Waals surface area contributed by atoms with Gasteiger partial charge in [0, 0.05) is 8.95 Å². The quantitative estimate of drug-likeness (QED) is 0.726. The van der Waals surface area contributed by atoms with Crippen LogP contribution < -0.4 is 11.1 Å². The highest BCUT2D eigenvalue weighted by Crippen LogP contribution is 2.24. The molecule has 6 heteroatoms. The normalized spacial score (nSPS) is 10.7. The summed E-state index contributed by atoms with van der Waals surface area (Å²) >= 11 is 6.57. The van der Waals surface area contributed by atoms with Crippen LogP contribution in [0.15, 0.2) is 30.7 Å². The number of halogens is 2. The first-order valence-electron chi connectivity index (χ1n) is 3.69. The maximum absolute atomic E-state index is 11.0. The van der Waals surface area contributed by atoms with E-state index in [0.29, 0.717) is 11.0 Å². The molecule has 2 aromatic rings. The van der Waals surface area contributed by atoms with E-state index in [-0.39, 0.29) is 0 Å². The Kier molecular flexibility index (Phi) is 2.32. The average molecular weight is 320 g/mol. The molecule has 14 heavy (non-hydrogen) atoms. The first-order valence-corrected chi connectivity index (χ1v) is 5.28.